The van der Waals surface area contributed by atoms with Crippen LogP contribution in [0.3, 0.4) is 0 Å². The monoisotopic (exact) mass is 314 g/mol. The first-order valence-electron chi connectivity index (χ1n) is 7.19. The van der Waals surface area contributed by atoms with Crippen molar-refractivity contribution in [2.75, 3.05) is 0 Å². The Morgan fingerprint density at radius 2 is 1.90 bits per heavy atom. The molecule has 4 heteroatoms. The van der Waals surface area contributed by atoms with Gasteiger partial charge in [-0.3, -0.25) is 0 Å². The molecule has 106 valence electrons. The van der Waals surface area contributed by atoms with Crippen LogP contribution in [0.2, 0.25) is 5.15 Å². The molecule has 21 heavy (non-hydrogen) atoms. The lowest BCUT2D eigenvalue weighted by molar-refractivity contribution is 0.286. The molecular weight excluding hydrogens is 300 g/mol. The zero-order valence-corrected chi connectivity index (χ0v) is 13.3. The lowest BCUT2D eigenvalue weighted by Crippen LogP contribution is -2.37. The van der Waals surface area contributed by atoms with Crippen LogP contribution >= 0.6 is 22.9 Å². The normalized spacial score (nSPS) is 16.9. The fraction of sp³-hybridized carbons (Fsp3) is 0.294. The highest BCUT2D eigenvalue weighted by Crippen LogP contribution is 2.48. The summed E-state index contributed by atoms with van der Waals surface area (Å²) in [4.78, 5) is 11.7. The number of hydrogen-bond acceptors (Lipinski definition) is 3. The lowest BCUT2D eigenvalue weighted by Gasteiger charge is -2.41. The van der Waals surface area contributed by atoms with Crippen molar-refractivity contribution in [2.45, 2.75) is 31.6 Å². The van der Waals surface area contributed by atoms with E-state index in [0.717, 1.165) is 28.9 Å². The first-order chi connectivity index (χ1) is 10.2. The Kier molecular flexibility index (Phi) is 3.02. The minimum Gasteiger partial charge on any atom is -0.221 e. The van der Waals surface area contributed by atoms with Crippen molar-refractivity contribution in [3.8, 4) is 0 Å². The number of rotatable bonds is 2. The number of halogens is 1. The fourth-order valence-corrected chi connectivity index (χ4v) is 4.31. The van der Waals surface area contributed by atoms with Crippen LogP contribution in [-0.2, 0) is 5.41 Å². The maximum atomic E-state index is 6.41. The van der Waals surface area contributed by atoms with Crippen LogP contribution in [0.1, 0.15) is 35.5 Å². The minimum absolute atomic E-state index is 0.0447. The Labute approximate surface area is 132 Å². The zero-order chi connectivity index (χ0) is 14.4. The molecule has 3 aromatic rings. The van der Waals surface area contributed by atoms with E-state index in [1.165, 1.54) is 16.9 Å². The second-order valence-electron chi connectivity index (χ2n) is 5.72. The molecule has 0 N–H and O–H groups in total. The van der Waals surface area contributed by atoms with Gasteiger partial charge >= 0.3 is 0 Å². The predicted octanol–water partition coefficient (Wildman–Crippen LogP) is 5.12. The van der Waals surface area contributed by atoms with Gasteiger partial charge in [0.25, 0.3) is 0 Å². The smallest absolute Gasteiger partial charge is 0.142 e. The van der Waals surface area contributed by atoms with E-state index in [9.17, 15) is 0 Å². The lowest BCUT2D eigenvalue weighted by atomic mass is 9.64. The van der Waals surface area contributed by atoms with Crippen LogP contribution in [0.5, 0.6) is 0 Å². The second-order valence-corrected chi connectivity index (χ2v) is 7.31. The van der Waals surface area contributed by atoms with E-state index in [1.54, 1.807) is 11.3 Å². The third-order valence-corrected chi connectivity index (χ3v) is 5.66. The average Bonchev–Trinajstić information content (AvgIpc) is 2.80. The van der Waals surface area contributed by atoms with Crippen LogP contribution < -0.4 is 0 Å². The van der Waals surface area contributed by atoms with Crippen molar-refractivity contribution < 1.29 is 0 Å². The topological polar surface area (TPSA) is 25.8 Å². The van der Waals surface area contributed by atoms with Crippen LogP contribution in [-0.4, -0.2) is 9.97 Å². The van der Waals surface area contributed by atoms with E-state index >= 15 is 0 Å². The molecule has 4 rings (SSSR count). The molecule has 1 aliphatic rings. The first-order valence-corrected chi connectivity index (χ1v) is 8.38. The molecule has 0 unspecified atom stereocenters. The maximum Gasteiger partial charge on any atom is 0.142 e. The van der Waals surface area contributed by atoms with Crippen molar-refractivity contribution in [3.05, 3.63) is 57.8 Å². The van der Waals surface area contributed by atoms with E-state index < -0.39 is 0 Å². The summed E-state index contributed by atoms with van der Waals surface area (Å²) in [5.74, 6) is 0.888. The summed E-state index contributed by atoms with van der Waals surface area (Å²) in [6.45, 7) is 2.08. The third kappa shape index (κ3) is 1.99. The van der Waals surface area contributed by atoms with Crippen molar-refractivity contribution in [1.29, 1.82) is 0 Å². The van der Waals surface area contributed by atoms with Crippen LogP contribution in [0, 0.1) is 6.92 Å². The summed E-state index contributed by atoms with van der Waals surface area (Å²) in [6.07, 6.45) is 3.42. The molecule has 0 amide bonds. The van der Waals surface area contributed by atoms with Crippen molar-refractivity contribution in [3.63, 3.8) is 0 Å². The summed E-state index contributed by atoms with van der Waals surface area (Å²) >= 11 is 8.10. The second kappa shape index (κ2) is 4.79. The van der Waals surface area contributed by atoms with Crippen LogP contribution in [0.4, 0.5) is 0 Å². The Bertz CT molecular complexity index is 806. The van der Waals surface area contributed by atoms with Gasteiger partial charge in [0.05, 0.1) is 5.41 Å². The average molecular weight is 315 g/mol. The van der Waals surface area contributed by atoms with E-state index in [4.69, 9.17) is 16.6 Å². The number of aromatic nitrogens is 2. The number of hydrogen-bond donors (Lipinski definition) is 0. The summed E-state index contributed by atoms with van der Waals surface area (Å²) in [7, 11) is 0. The SMILES string of the molecule is Cc1cc2c(Cl)nc(C3(c4ccccc4)CCC3)nc2s1. The molecule has 0 spiro atoms. The number of fused-ring (bicyclic) bond motifs is 1. The Morgan fingerprint density at radius 3 is 2.57 bits per heavy atom. The Balaban J connectivity index is 1.92. The molecule has 2 nitrogen and oxygen atoms in total. The van der Waals surface area contributed by atoms with Crippen molar-refractivity contribution in [2.24, 2.45) is 0 Å². The molecule has 1 aromatic carbocycles. The van der Waals surface area contributed by atoms with Crippen LogP contribution in [0.25, 0.3) is 10.2 Å². The largest absolute Gasteiger partial charge is 0.221 e. The van der Waals surface area contributed by atoms with Crippen LogP contribution in [0.15, 0.2) is 36.4 Å². The van der Waals surface area contributed by atoms with Crippen molar-refractivity contribution in [1.82, 2.24) is 9.97 Å². The summed E-state index contributed by atoms with van der Waals surface area (Å²) < 4.78 is 0. The van der Waals surface area contributed by atoms with E-state index in [-0.39, 0.29) is 5.41 Å². The van der Waals surface area contributed by atoms with Gasteiger partial charge in [-0.25, -0.2) is 9.97 Å². The molecular formula is C17H15ClN2S. The standard InChI is InChI=1S/C17H15ClN2S/c1-11-10-13-14(18)19-16(20-15(13)21-11)17(8-5-9-17)12-6-3-2-4-7-12/h2-4,6-7,10H,5,8-9H2,1H3. The van der Waals surface area contributed by atoms with Gasteiger partial charge in [-0.1, -0.05) is 48.4 Å². The quantitative estimate of drug-likeness (QED) is 0.613. The summed E-state index contributed by atoms with van der Waals surface area (Å²) in [5.41, 5.74) is 1.26. The summed E-state index contributed by atoms with van der Waals surface area (Å²) in [6, 6.07) is 12.7. The van der Waals surface area contributed by atoms with Gasteiger partial charge in [0.2, 0.25) is 0 Å². The molecule has 0 bridgehead atoms. The minimum atomic E-state index is -0.0447. The van der Waals surface area contributed by atoms with Gasteiger partial charge in [-0.05, 0) is 31.4 Å². The molecule has 2 aromatic heterocycles. The van der Waals surface area contributed by atoms with Gasteiger partial charge < -0.3 is 0 Å². The molecule has 0 atom stereocenters. The predicted molar refractivity (Wildman–Crippen MR) is 88.2 cm³/mol. The molecule has 1 aliphatic carbocycles. The highest BCUT2D eigenvalue weighted by atomic mass is 35.5. The van der Waals surface area contributed by atoms with Gasteiger partial charge in [0, 0.05) is 10.3 Å². The molecule has 1 saturated carbocycles. The molecule has 2 heterocycles. The van der Waals surface area contributed by atoms with E-state index in [0.29, 0.717) is 5.15 Å². The fourth-order valence-electron chi connectivity index (χ4n) is 3.15. The maximum absolute atomic E-state index is 6.41. The first kappa shape index (κ1) is 13.2. The number of thiophene rings is 1. The number of benzene rings is 1. The zero-order valence-electron chi connectivity index (χ0n) is 11.8. The highest BCUT2D eigenvalue weighted by Gasteiger charge is 2.43. The Morgan fingerprint density at radius 1 is 1.14 bits per heavy atom. The number of nitrogens with zero attached hydrogens (tertiary/aromatic N) is 2. The molecule has 0 radical (unpaired) electrons. The van der Waals surface area contributed by atoms with E-state index in [2.05, 4.69) is 48.3 Å². The van der Waals surface area contributed by atoms with Crippen molar-refractivity contribution >= 4 is 33.2 Å². The van der Waals surface area contributed by atoms with E-state index in [1.807, 2.05) is 0 Å². The molecule has 1 fully saturated rings. The highest BCUT2D eigenvalue weighted by molar-refractivity contribution is 7.18. The van der Waals surface area contributed by atoms with Gasteiger partial charge in [0.15, 0.2) is 0 Å². The molecule has 0 aliphatic heterocycles. The number of aryl methyl sites for hydroxylation is 1. The summed E-state index contributed by atoms with van der Waals surface area (Å²) in [5, 5.41) is 1.56. The Hall–Kier alpha value is -1.45. The third-order valence-electron chi connectivity index (χ3n) is 4.43. The van der Waals surface area contributed by atoms with Gasteiger partial charge in [-0.15, -0.1) is 11.3 Å². The van der Waals surface area contributed by atoms with Gasteiger partial charge in [0.1, 0.15) is 15.8 Å². The molecule has 0 saturated heterocycles. The van der Waals surface area contributed by atoms with Gasteiger partial charge in [-0.2, -0.15) is 0 Å².